The van der Waals surface area contributed by atoms with Crippen LogP contribution in [0.3, 0.4) is 0 Å². The molecule has 1 aromatic rings. The summed E-state index contributed by atoms with van der Waals surface area (Å²) in [6, 6.07) is 6.10. The number of nitrogens with zero attached hydrogens (tertiary/aromatic N) is 2. The van der Waals surface area contributed by atoms with Crippen LogP contribution in [-0.4, -0.2) is 17.6 Å². The summed E-state index contributed by atoms with van der Waals surface area (Å²) in [5, 5.41) is 9.77. The second kappa shape index (κ2) is 15.7. The monoisotopic (exact) mass is 456 g/mol. The van der Waals surface area contributed by atoms with Crippen LogP contribution in [0.5, 0.6) is 11.6 Å². The number of pyridine rings is 1. The van der Waals surface area contributed by atoms with Crippen molar-refractivity contribution in [3.05, 3.63) is 18.3 Å². The highest BCUT2D eigenvalue weighted by Gasteiger charge is 2.37. The average Bonchev–Trinajstić information content (AvgIpc) is 2.84. The molecule has 2 rings (SSSR count). The predicted octanol–water partition coefficient (Wildman–Crippen LogP) is 7.79. The smallest absolute Gasteiger partial charge is 0.314 e. The summed E-state index contributed by atoms with van der Waals surface area (Å²) in [6.07, 6.45) is 19.0. The molecule has 1 aromatic heterocycles. The van der Waals surface area contributed by atoms with Gasteiger partial charge in [-0.25, -0.2) is 4.98 Å². The molecule has 0 N–H and O–H groups in total. The molecule has 0 aliphatic heterocycles. The molecule has 0 radical (unpaired) electrons. The average molecular weight is 457 g/mol. The van der Waals surface area contributed by atoms with Gasteiger partial charge in [-0.1, -0.05) is 78.1 Å². The van der Waals surface area contributed by atoms with Crippen LogP contribution < -0.4 is 9.47 Å². The molecule has 0 aromatic carbocycles. The fraction of sp³-hybridized carbons (Fsp3) is 0.750. The van der Waals surface area contributed by atoms with Crippen molar-refractivity contribution in [2.75, 3.05) is 6.61 Å². The minimum atomic E-state index is -0.250. The number of aromatic nitrogens is 1. The molecule has 0 atom stereocenters. The minimum absolute atomic E-state index is 0.129. The van der Waals surface area contributed by atoms with E-state index in [0.717, 1.165) is 44.9 Å². The van der Waals surface area contributed by atoms with Crippen LogP contribution in [0, 0.1) is 22.7 Å². The summed E-state index contributed by atoms with van der Waals surface area (Å²) < 4.78 is 11.3. The molecule has 0 saturated heterocycles. The van der Waals surface area contributed by atoms with Crippen LogP contribution in [0.15, 0.2) is 18.3 Å². The fourth-order valence-electron chi connectivity index (χ4n) is 4.66. The third-order valence-electron chi connectivity index (χ3n) is 6.95. The van der Waals surface area contributed by atoms with Gasteiger partial charge in [0.2, 0.25) is 5.88 Å². The Kier molecular flexibility index (Phi) is 12.9. The van der Waals surface area contributed by atoms with Gasteiger partial charge in [0.1, 0.15) is 5.75 Å². The van der Waals surface area contributed by atoms with Crippen molar-refractivity contribution >= 4 is 5.97 Å². The summed E-state index contributed by atoms with van der Waals surface area (Å²) in [7, 11) is 0. The largest absolute Gasteiger partial charge is 0.478 e. The number of ether oxygens (including phenoxy) is 2. The van der Waals surface area contributed by atoms with E-state index >= 15 is 0 Å². The van der Waals surface area contributed by atoms with Crippen molar-refractivity contribution in [2.24, 2.45) is 11.3 Å². The molecule has 0 amide bonds. The highest BCUT2D eigenvalue weighted by Crippen LogP contribution is 2.42. The highest BCUT2D eigenvalue weighted by atomic mass is 16.5. The minimum Gasteiger partial charge on any atom is -0.478 e. The molecule has 5 nitrogen and oxygen atoms in total. The Hall–Kier alpha value is -2.09. The number of carbonyl (C=O) groups is 1. The molecule has 1 fully saturated rings. The van der Waals surface area contributed by atoms with Gasteiger partial charge in [0.15, 0.2) is 0 Å². The number of esters is 1. The Morgan fingerprint density at radius 3 is 2.24 bits per heavy atom. The molecule has 5 heteroatoms. The summed E-state index contributed by atoms with van der Waals surface area (Å²) in [5.74, 6) is 0.695. The normalized spacial score (nSPS) is 20.2. The zero-order valence-corrected chi connectivity index (χ0v) is 20.9. The van der Waals surface area contributed by atoms with Gasteiger partial charge in [0, 0.05) is 6.07 Å². The van der Waals surface area contributed by atoms with Gasteiger partial charge in [0.25, 0.3) is 0 Å². The van der Waals surface area contributed by atoms with Gasteiger partial charge in [0.05, 0.1) is 30.2 Å². The van der Waals surface area contributed by atoms with E-state index < -0.39 is 0 Å². The summed E-state index contributed by atoms with van der Waals surface area (Å²) in [6.45, 7) is 5.10. The van der Waals surface area contributed by atoms with Gasteiger partial charge in [-0.3, -0.25) is 4.79 Å². The van der Waals surface area contributed by atoms with E-state index in [0.29, 0.717) is 18.2 Å². The van der Waals surface area contributed by atoms with E-state index in [2.05, 4.69) is 24.9 Å². The molecule has 184 valence electrons. The maximum atomic E-state index is 12.6. The summed E-state index contributed by atoms with van der Waals surface area (Å²) >= 11 is 0. The van der Waals surface area contributed by atoms with Crippen LogP contribution >= 0.6 is 0 Å². The lowest BCUT2D eigenvalue weighted by atomic mass is 9.69. The van der Waals surface area contributed by atoms with Gasteiger partial charge < -0.3 is 9.47 Å². The van der Waals surface area contributed by atoms with E-state index in [-0.39, 0.29) is 17.3 Å². The SMILES string of the molecule is CCCCCCCCOc1ccc(OC(=O)[C@H]2CC[C@@](C#N)(CCCCCCC)CC2)cn1. The molecule has 0 spiro atoms. The standard InChI is InChI=1S/C28H44N2O3/c1-3-5-7-9-11-13-21-32-26-15-14-25(22-30-26)33-27(31)24-16-19-28(23-29,20-17-24)18-12-10-8-6-4-2/h14-15,22,24H,3-13,16-21H2,1-2H3/t24-,28-. The highest BCUT2D eigenvalue weighted by molar-refractivity contribution is 5.75. The first-order valence-corrected chi connectivity index (χ1v) is 13.3. The van der Waals surface area contributed by atoms with Gasteiger partial charge >= 0.3 is 5.97 Å². The number of carbonyl (C=O) groups excluding carboxylic acids is 1. The van der Waals surface area contributed by atoms with E-state index in [1.54, 1.807) is 18.3 Å². The molecule has 1 saturated carbocycles. The topological polar surface area (TPSA) is 72.2 Å². The number of hydrogen-bond donors (Lipinski definition) is 0. The molecule has 0 bridgehead atoms. The van der Waals surface area contributed by atoms with Crippen LogP contribution in [0.25, 0.3) is 0 Å². The number of nitriles is 1. The number of unbranched alkanes of at least 4 members (excludes halogenated alkanes) is 9. The molecule has 1 aliphatic carbocycles. The molecular weight excluding hydrogens is 412 g/mol. The quantitative estimate of drug-likeness (QED) is 0.187. The van der Waals surface area contributed by atoms with E-state index in [4.69, 9.17) is 9.47 Å². The Balaban J connectivity index is 1.68. The van der Waals surface area contributed by atoms with Gasteiger partial charge in [-0.05, 0) is 44.6 Å². The molecule has 1 heterocycles. The zero-order valence-electron chi connectivity index (χ0n) is 20.9. The third-order valence-corrected chi connectivity index (χ3v) is 6.95. The second-order valence-electron chi connectivity index (χ2n) is 9.70. The molecule has 0 unspecified atom stereocenters. The van der Waals surface area contributed by atoms with E-state index in [1.807, 2.05) is 0 Å². The van der Waals surface area contributed by atoms with Crippen molar-refractivity contribution in [3.8, 4) is 17.7 Å². The zero-order chi connectivity index (χ0) is 23.8. The lowest BCUT2D eigenvalue weighted by molar-refractivity contribution is -0.140. The summed E-state index contributed by atoms with van der Waals surface area (Å²) in [4.78, 5) is 16.9. The maximum Gasteiger partial charge on any atom is 0.314 e. The van der Waals surface area contributed by atoms with Crippen molar-refractivity contribution < 1.29 is 14.3 Å². The van der Waals surface area contributed by atoms with Crippen molar-refractivity contribution in [2.45, 2.75) is 117 Å². The van der Waals surface area contributed by atoms with Crippen molar-refractivity contribution in [1.29, 1.82) is 5.26 Å². The van der Waals surface area contributed by atoms with Crippen LogP contribution in [-0.2, 0) is 4.79 Å². The van der Waals surface area contributed by atoms with Crippen LogP contribution in [0.2, 0.25) is 0 Å². The predicted molar refractivity (Wildman–Crippen MR) is 132 cm³/mol. The number of rotatable bonds is 16. The summed E-state index contributed by atoms with van der Waals surface area (Å²) in [5.41, 5.74) is -0.250. The first-order chi connectivity index (χ1) is 16.1. The van der Waals surface area contributed by atoms with Gasteiger partial charge in [-0.2, -0.15) is 5.26 Å². The molecule has 1 aliphatic rings. The van der Waals surface area contributed by atoms with Crippen molar-refractivity contribution in [1.82, 2.24) is 4.98 Å². The Labute approximate surface area is 201 Å². The van der Waals surface area contributed by atoms with Crippen LogP contribution in [0.1, 0.15) is 117 Å². The number of hydrogen-bond acceptors (Lipinski definition) is 5. The Morgan fingerprint density at radius 2 is 1.64 bits per heavy atom. The first-order valence-electron chi connectivity index (χ1n) is 13.3. The van der Waals surface area contributed by atoms with Crippen LogP contribution in [0.4, 0.5) is 0 Å². The van der Waals surface area contributed by atoms with Crippen molar-refractivity contribution in [3.63, 3.8) is 0 Å². The molecular formula is C28H44N2O3. The maximum absolute atomic E-state index is 12.6. The lowest BCUT2D eigenvalue weighted by Crippen LogP contribution is -2.31. The lowest BCUT2D eigenvalue weighted by Gasteiger charge is -2.34. The third kappa shape index (κ3) is 10.2. The Bertz CT molecular complexity index is 703. The fourth-order valence-corrected chi connectivity index (χ4v) is 4.66. The molecule has 33 heavy (non-hydrogen) atoms. The van der Waals surface area contributed by atoms with E-state index in [1.165, 1.54) is 57.8 Å². The van der Waals surface area contributed by atoms with E-state index in [9.17, 15) is 10.1 Å². The Morgan fingerprint density at radius 1 is 1.00 bits per heavy atom. The van der Waals surface area contributed by atoms with Gasteiger partial charge in [-0.15, -0.1) is 0 Å². The second-order valence-corrected chi connectivity index (χ2v) is 9.70. The first kappa shape index (κ1) is 27.2.